The average Bonchev–Trinajstić information content (AvgIpc) is 2.64. The van der Waals surface area contributed by atoms with Gasteiger partial charge in [0.05, 0.1) is 19.5 Å². The van der Waals surface area contributed by atoms with Crippen LogP contribution in [0.3, 0.4) is 0 Å². The van der Waals surface area contributed by atoms with Gasteiger partial charge in [-0.2, -0.15) is 0 Å². The molecule has 3 nitrogen and oxygen atoms in total. The molecule has 3 heteroatoms. The molecule has 0 aliphatic heterocycles. The molecular weight excluding hydrogens is 370 g/mol. The molecule has 0 bridgehead atoms. The van der Waals surface area contributed by atoms with Gasteiger partial charge < -0.3 is 9.47 Å². The molecule has 0 amide bonds. The smallest absolute Gasteiger partial charge is 0.271 e. The molecule has 0 fully saturated rings. The Labute approximate surface area is 184 Å². The molecule has 0 aromatic heterocycles. The normalized spacial score (nSPS) is 14.9. The third-order valence-corrected chi connectivity index (χ3v) is 5.96. The third kappa shape index (κ3) is 5.86. The van der Waals surface area contributed by atoms with E-state index in [2.05, 4.69) is 98.1 Å². The number of rotatable bonds is 10. The van der Waals surface area contributed by atoms with Gasteiger partial charge in [-0.1, -0.05) is 69.3 Å². The monoisotopic (exact) mass is 412 g/mol. The maximum atomic E-state index is 7.00. The van der Waals surface area contributed by atoms with E-state index in [4.69, 9.17) is 9.47 Å². The van der Waals surface area contributed by atoms with Crippen molar-refractivity contribution < 1.29 is 14.0 Å². The second kappa shape index (κ2) is 9.53. The van der Waals surface area contributed by atoms with Crippen LogP contribution in [-0.4, -0.2) is 37.5 Å². The topological polar surface area (TPSA) is 18.5 Å². The lowest BCUT2D eigenvalue weighted by Crippen LogP contribution is -2.72. The van der Waals surface area contributed by atoms with Gasteiger partial charge in [0.2, 0.25) is 0 Å². The predicted octanol–water partition coefficient (Wildman–Crippen LogP) is 6.54. The fourth-order valence-corrected chi connectivity index (χ4v) is 5.04. The van der Waals surface area contributed by atoms with Gasteiger partial charge in [0, 0.05) is 12.2 Å². The molecule has 2 aromatic rings. The lowest BCUT2D eigenvalue weighted by Gasteiger charge is -2.56. The Balaban J connectivity index is 2.61. The van der Waals surface area contributed by atoms with Crippen molar-refractivity contribution in [3.8, 4) is 5.75 Å². The van der Waals surface area contributed by atoms with Crippen molar-refractivity contribution in [3.05, 3.63) is 66.2 Å². The van der Waals surface area contributed by atoms with E-state index in [-0.39, 0.29) is 10.8 Å². The van der Waals surface area contributed by atoms with Crippen LogP contribution >= 0.6 is 0 Å². The summed E-state index contributed by atoms with van der Waals surface area (Å²) in [6.45, 7) is 15.7. The van der Waals surface area contributed by atoms with Crippen molar-refractivity contribution in [2.75, 3.05) is 27.3 Å². The van der Waals surface area contributed by atoms with E-state index in [1.165, 1.54) is 5.56 Å². The van der Waals surface area contributed by atoms with Crippen molar-refractivity contribution in [3.63, 3.8) is 0 Å². The molecule has 0 aliphatic carbocycles. The number of likely N-dealkylation sites (N-methyl/N-ethyl adjacent to an activating group) is 1. The minimum Gasteiger partial charge on any atom is -0.437 e. The Morgan fingerprint density at radius 2 is 1.33 bits per heavy atom. The van der Waals surface area contributed by atoms with E-state index in [1.807, 2.05) is 18.2 Å². The van der Waals surface area contributed by atoms with Crippen molar-refractivity contribution in [2.24, 2.45) is 10.8 Å². The fourth-order valence-electron chi connectivity index (χ4n) is 5.04. The van der Waals surface area contributed by atoms with Crippen LogP contribution in [0.5, 0.6) is 5.75 Å². The Hall–Kier alpha value is -1.84. The molecule has 0 saturated heterocycles. The van der Waals surface area contributed by atoms with Crippen LogP contribution in [0.1, 0.15) is 53.5 Å². The number of benzene rings is 2. The van der Waals surface area contributed by atoms with E-state index in [9.17, 15) is 0 Å². The van der Waals surface area contributed by atoms with Crippen LogP contribution in [0.25, 0.3) is 0 Å². The highest BCUT2D eigenvalue weighted by Gasteiger charge is 2.60. The third-order valence-electron chi connectivity index (χ3n) is 5.96. The molecule has 2 rings (SSSR count). The van der Waals surface area contributed by atoms with Gasteiger partial charge in [0.1, 0.15) is 18.9 Å². The summed E-state index contributed by atoms with van der Waals surface area (Å²) in [7, 11) is 4.55. The van der Waals surface area contributed by atoms with E-state index in [1.54, 1.807) is 0 Å². The first kappa shape index (κ1) is 24.4. The molecule has 2 aromatic carbocycles. The molecule has 1 unspecified atom stereocenters. The summed E-state index contributed by atoms with van der Waals surface area (Å²) in [4.78, 5) is 0. The molecule has 0 spiro atoms. The van der Waals surface area contributed by atoms with Gasteiger partial charge >= 0.3 is 0 Å². The van der Waals surface area contributed by atoms with Gasteiger partial charge in [0.15, 0.2) is 0 Å². The fraction of sp³-hybridized carbons (Fsp3) is 0.556. The number of ether oxygens (including phenoxy) is 2. The average molecular weight is 413 g/mol. The van der Waals surface area contributed by atoms with Crippen LogP contribution in [0.4, 0.5) is 0 Å². The highest BCUT2D eigenvalue weighted by atomic mass is 16.6. The van der Waals surface area contributed by atoms with Crippen molar-refractivity contribution >= 4 is 0 Å². The molecule has 0 N–H and O–H groups in total. The zero-order valence-corrected chi connectivity index (χ0v) is 20.4. The number of hydrogen-bond acceptors (Lipinski definition) is 2. The highest BCUT2D eigenvalue weighted by Crippen LogP contribution is 2.48. The van der Waals surface area contributed by atoms with E-state index in [0.717, 1.165) is 18.7 Å². The quantitative estimate of drug-likeness (QED) is 0.326. The number of nitrogens with zero attached hydrogens (tertiary/aromatic N) is 1. The number of hydrogen-bond donors (Lipinski definition) is 0. The Morgan fingerprint density at radius 1 is 0.800 bits per heavy atom. The number of quaternary nitrogens is 1. The van der Waals surface area contributed by atoms with Crippen LogP contribution in [-0.2, 0) is 11.3 Å². The molecular formula is C27H42NO2+. The van der Waals surface area contributed by atoms with Crippen molar-refractivity contribution in [2.45, 2.75) is 60.2 Å². The zero-order chi connectivity index (χ0) is 22.5. The lowest BCUT2D eigenvalue weighted by atomic mass is 9.68. The highest BCUT2D eigenvalue weighted by molar-refractivity contribution is 5.22. The number of para-hydroxylation sites is 1. The molecule has 0 saturated carbocycles. The zero-order valence-electron chi connectivity index (χ0n) is 20.4. The van der Waals surface area contributed by atoms with Gasteiger partial charge in [0.25, 0.3) is 5.72 Å². The minimum atomic E-state index is -0.576. The lowest BCUT2D eigenvalue weighted by molar-refractivity contribution is -0.984. The predicted molar refractivity (Wildman–Crippen MR) is 126 cm³/mol. The summed E-state index contributed by atoms with van der Waals surface area (Å²) >= 11 is 0. The Bertz CT molecular complexity index is 762. The van der Waals surface area contributed by atoms with Crippen molar-refractivity contribution in [1.29, 1.82) is 0 Å². The first-order valence-corrected chi connectivity index (χ1v) is 11.1. The maximum absolute atomic E-state index is 7.00. The van der Waals surface area contributed by atoms with Gasteiger partial charge in [-0.3, -0.25) is 4.48 Å². The molecule has 0 aliphatic rings. The summed E-state index contributed by atoms with van der Waals surface area (Å²) in [5.41, 5.74) is 0.724. The second-order valence-corrected chi connectivity index (χ2v) is 10.8. The van der Waals surface area contributed by atoms with E-state index in [0.29, 0.717) is 17.7 Å². The Morgan fingerprint density at radius 3 is 1.83 bits per heavy atom. The Kier molecular flexibility index (Phi) is 7.76. The summed E-state index contributed by atoms with van der Waals surface area (Å²) in [5, 5.41) is 0. The first-order chi connectivity index (χ1) is 13.9. The SMILES string of the molecule is CCOCC(Oc1ccccc1)(C(C)(C)CC(C)(C)C)[N+](C)(C)Cc1ccccc1. The molecule has 0 heterocycles. The van der Waals surface area contributed by atoms with Gasteiger partial charge in [-0.15, -0.1) is 0 Å². The minimum absolute atomic E-state index is 0.158. The molecule has 166 valence electrons. The summed E-state index contributed by atoms with van der Waals surface area (Å²) in [5.74, 6) is 0.887. The van der Waals surface area contributed by atoms with Gasteiger partial charge in [-0.25, -0.2) is 0 Å². The molecule has 1 atom stereocenters. The van der Waals surface area contributed by atoms with Crippen LogP contribution < -0.4 is 4.74 Å². The van der Waals surface area contributed by atoms with Crippen LogP contribution in [0.2, 0.25) is 0 Å². The summed E-state index contributed by atoms with van der Waals surface area (Å²) < 4.78 is 13.8. The van der Waals surface area contributed by atoms with Crippen LogP contribution in [0, 0.1) is 10.8 Å². The summed E-state index contributed by atoms with van der Waals surface area (Å²) in [6, 6.07) is 20.9. The van der Waals surface area contributed by atoms with Crippen molar-refractivity contribution in [1.82, 2.24) is 0 Å². The van der Waals surface area contributed by atoms with E-state index < -0.39 is 5.72 Å². The molecule has 30 heavy (non-hydrogen) atoms. The standard InChI is InChI=1S/C27H42NO2/c1-9-29-22-27(26(5,6)21-25(2,3)4,30-24-18-14-11-15-19-24)28(7,8)20-23-16-12-10-13-17-23/h10-19H,9,20-22H2,1-8H3/q+1. The summed E-state index contributed by atoms with van der Waals surface area (Å²) in [6.07, 6.45) is 1.01. The van der Waals surface area contributed by atoms with E-state index >= 15 is 0 Å². The largest absolute Gasteiger partial charge is 0.437 e. The van der Waals surface area contributed by atoms with Gasteiger partial charge in [-0.05, 0) is 44.7 Å². The first-order valence-electron chi connectivity index (χ1n) is 11.1. The second-order valence-electron chi connectivity index (χ2n) is 10.8. The molecule has 0 radical (unpaired) electrons. The van der Waals surface area contributed by atoms with Crippen LogP contribution in [0.15, 0.2) is 60.7 Å². The maximum Gasteiger partial charge on any atom is 0.271 e.